The Balaban J connectivity index is 2.34. The van der Waals surface area contributed by atoms with E-state index in [2.05, 4.69) is 4.72 Å². The van der Waals surface area contributed by atoms with Gasteiger partial charge >= 0.3 is 5.97 Å². The average Bonchev–Trinajstić information content (AvgIpc) is 2.69. The molecule has 0 radical (unpaired) electrons. The van der Waals surface area contributed by atoms with E-state index in [1.165, 1.54) is 18.2 Å². The highest BCUT2D eigenvalue weighted by Crippen LogP contribution is 2.28. The standard InChI is InChI=1S/C12H10FNO4S2/c1-7-5-10(19-11(7)12(15)16)14-20(17,18)9-4-2-3-8(13)6-9/h2-6,14H,1H3,(H,15,16). The summed E-state index contributed by atoms with van der Waals surface area (Å²) < 4.78 is 39.3. The molecule has 0 atom stereocenters. The van der Waals surface area contributed by atoms with Gasteiger partial charge in [0.2, 0.25) is 0 Å². The lowest BCUT2D eigenvalue weighted by Gasteiger charge is -2.05. The first-order valence-corrected chi connectivity index (χ1v) is 7.71. The Morgan fingerprint density at radius 2 is 2.05 bits per heavy atom. The zero-order valence-corrected chi connectivity index (χ0v) is 11.9. The second kappa shape index (κ2) is 5.22. The van der Waals surface area contributed by atoms with Crippen molar-refractivity contribution in [3.8, 4) is 0 Å². The summed E-state index contributed by atoms with van der Waals surface area (Å²) in [7, 11) is -3.94. The van der Waals surface area contributed by atoms with Gasteiger partial charge in [0, 0.05) is 0 Å². The minimum Gasteiger partial charge on any atom is -0.477 e. The lowest BCUT2D eigenvalue weighted by molar-refractivity contribution is 0.0701. The summed E-state index contributed by atoms with van der Waals surface area (Å²) in [5, 5.41) is 9.08. The SMILES string of the molecule is Cc1cc(NS(=O)(=O)c2cccc(F)c2)sc1C(=O)O. The third-order valence-electron chi connectivity index (χ3n) is 2.45. The van der Waals surface area contributed by atoms with Gasteiger partial charge in [-0.1, -0.05) is 6.07 Å². The molecule has 1 heterocycles. The van der Waals surface area contributed by atoms with E-state index in [-0.39, 0.29) is 14.8 Å². The highest BCUT2D eigenvalue weighted by atomic mass is 32.2. The Morgan fingerprint density at radius 1 is 1.35 bits per heavy atom. The van der Waals surface area contributed by atoms with Crippen LogP contribution in [0.5, 0.6) is 0 Å². The molecule has 0 fully saturated rings. The number of halogens is 1. The van der Waals surface area contributed by atoms with E-state index in [0.29, 0.717) is 5.56 Å². The molecule has 2 rings (SSSR count). The van der Waals surface area contributed by atoms with E-state index in [4.69, 9.17) is 5.11 Å². The number of rotatable bonds is 4. The highest BCUT2D eigenvalue weighted by molar-refractivity contribution is 7.93. The Kier molecular flexibility index (Phi) is 3.78. The van der Waals surface area contributed by atoms with Crippen LogP contribution in [0.3, 0.4) is 0 Å². The molecule has 0 unspecified atom stereocenters. The molecule has 0 saturated heterocycles. The zero-order valence-electron chi connectivity index (χ0n) is 10.3. The molecule has 0 aliphatic carbocycles. The molecule has 2 N–H and O–H groups in total. The van der Waals surface area contributed by atoms with E-state index < -0.39 is 21.8 Å². The number of hydrogen-bond donors (Lipinski definition) is 2. The minimum absolute atomic E-state index is 0.0574. The smallest absolute Gasteiger partial charge is 0.346 e. The summed E-state index contributed by atoms with van der Waals surface area (Å²) in [5.74, 6) is -1.79. The Labute approximate surface area is 118 Å². The number of thiophene rings is 1. The molecule has 8 heteroatoms. The maximum absolute atomic E-state index is 13.0. The number of carbonyl (C=O) groups is 1. The molecule has 0 bridgehead atoms. The van der Waals surface area contributed by atoms with Gasteiger partial charge in [0.05, 0.1) is 4.90 Å². The van der Waals surface area contributed by atoms with Crippen LogP contribution in [0.1, 0.15) is 15.2 Å². The second-order valence-electron chi connectivity index (χ2n) is 3.99. The molecule has 0 amide bonds. The quantitative estimate of drug-likeness (QED) is 0.908. The first-order chi connectivity index (χ1) is 9.29. The zero-order chi connectivity index (χ0) is 14.9. The van der Waals surface area contributed by atoms with Gasteiger partial charge in [0.15, 0.2) is 0 Å². The van der Waals surface area contributed by atoms with Crippen molar-refractivity contribution < 1.29 is 22.7 Å². The summed E-state index contributed by atoms with van der Waals surface area (Å²) in [6.07, 6.45) is 0. The fourth-order valence-electron chi connectivity index (χ4n) is 1.57. The van der Waals surface area contributed by atoms with Crippen molar-refractivity contribution in [3.05, 3.63) is 46.6 Å². The molecule has 2 aromatic rings. The lowest BCUT2D eigenvalue weighted by Crippen LogP contribution is -2.12. The molecule has 1 aromatic carbocycles. The monoisotopic (exact) mass is 315 g/mol. The summed E-state index contributed by atoms with van der Waals surface area (Å²) in [4.78, 5) is 10.7. The van der Waals surface area contributed by atoms with Crippen molar-refractivity contribution in [1.82, 2.24) is 0 Å². The van der Waals surface area contributed by atoms with Gasteiger partial charge in [-0.3, -0.25) is 4.72 Å². The number of aromatic carboxylic acids is 1. The van der Waals surface area contributed by atoms with Gasteiger partial charge in [-0.05, 0) is 36.8 Å². The fourth-order valence-corrected chi connectivity index (χ4v) is 3.80. The predicted octanol–water partition coefficient (Wildman–Crippen LogP) is 2.69. The van der Waals surface area contributed by atoms with Crippen molar-refractivity contribution in [2.75, 3.05) is 4.72 Å². The van der Waals surface area contributed by atoms with E-state index in [0.717, 1.165) is 23.5 Å². The molecule has 106 valence electrons. The number of hydrogen-bond acceptors (Lipinski definition) is 4. The predicted molar refractivity (Wildman–Crippen MR) is 73.2 cm³/mol. The van der Waals surface area contributed by atoms with Crippen molar-refractivity contribution in [1.29, 1.82) is 0 Å². The molecule has 5 nitrogen and oxygen atoms in total. The molecule has 0 saturated carbocycles. The van der Waals surface area contributed by atoms with Crippen molar-refractivity contribution >= 4 is 32.3 Å². The summed E-state index contributed by atoms with van der Waals surface area (Å²) in [6.45, 7) is 1.57. The van der Waals surface area contributed by atoms with Crippen molar-refractivity contribution in [2.45, 2.75) is 11.8 Å². The highest BCUT2D eigenvalue weighted by Gasteiger charge is 2.18. The largest absolute Gasteiger partial charge is 0.477 e. The number of carboxylic acid groups (broad SMARTS) is 1. The average molecular weight is 315 g/mol. The molecule has 1 aromatic heterocycles. The van der Waals surface area contributed by atoms with E-state index in [1.54, 1.807) is 6.92 Å². The maximum atomic E-state index is 13.0. The lowest BCUT2D eigenvalue weighted by atomic mass is 10.3. The topological polar surface area (TPSA) is 83.5 Å². The molecule has 0 aliphatic heterocycles. The van der Waals surface area contributed by atoms with Crippen LogP contribution >= 0.6 is 11.3 Å². The number of nitrogens with one attached hydrogen (secondary N) is 1. The fraction of sp³-hybridized carbons (Fsp3) is 0.0833. The number of sulfonamides is 1. The van der Waals surface area contributed by atoms with Gasteiger partial charge in [-0.2, -0.15) is 0 Å². The minimum atomic E-state index is -3.94. The number of anilines is 1. The third kappa shape index (κ3) is 2.97. The van der Waals surface area contributed by atoms with Gasteiger partial charge in [0.1, 0.15) is 15.7 Å². The first-order valence-electron chi connectivity index (χ1n) is 5.42. The van der Waals surface area contributed by atoms with Gasteiger partial charge < -0.3 is 5.11 Å². The van der Waals surface area contributed by atoms with E-state index >= 15 is 0 Å². The molecular formula is C12H10FNO4S2. The van der Waals surface area contributed by atoms with Crippen LogP contribution in [-0.2, 0) is 10.0 Å². The van der Waals surface area contributed by atoms with Gasteiger partial charge in [0.25, 0.3) is 10.0 Å². The van der Waals surface area contributed by atoms with Crippen molar-refractivity contribution in [3.63, 3.8) is 0 Å². The summed E-state index contributed by atoms with van der Waals surface area (Å²) >= 11 is 0.810. The number of carboxylic acids is 1. The van der Waals surface area contributed by atoms with Crippen LogP contribution in [-0.4, -0.2) is 19.5 Å². The summed E-state index contributed by atoms with van der Waals surface area (Å²) in [5.41, 5.74) is 0.458. The normalized spacial score (nSPS) is 11.3. The van der Waals surface area contributed by atoms with Crippen LogP contribution in [0.25, 0.3) is 0 Å². The first kappa shape index (κ1) is 14.5. The number of benzene rings is 1. The van der Waals surface area contributed by atoms with Crippen LogP contribution in [0.2, 0.25) is 0 Å². The molecular weight excluding hydrogens is 305 g/mol. The summed E-state index contributed by atoms with van der Waals surface area (Å²) in [6, 6.07) is 5.99. The Hall–Kier alpha value is -1.93. The second-order valence-corrected chi connectivity index (χ2v) is 6.73. The molecule has 0 spiro atoms. The van der Waals surface area contributed by atoms with Crippen LogP contribution < -0.4 is 4.72 Å². The van der Waals surface area contributed by atoms with Gasteiger partial charge in [-0.25, -0.2) is 17.6 Å². The van der Waals surface area contributed by atoms with Gasteiger partial charge in [-0.15, -0.1) is 11.3 Å². The van der Waals surface area contributed by atoms with E-state index in [9.17, 15) is 17.6 Å². The Bertz CT molecular complexity index is 768. The van der Waals surface area contributed by atoms with E-state index in [1.807, 2.05) is 0 Å². The van der Waals surface area contributed by atoms with Crippen molar-refractivity contribution in [2.24, 2.45) is 0 Å². The molecule has 20 heavy (non-hydrogen) atoms. The third-order valence-corrected chi connectivity index (χ3v) is 5.09. The van der Waals surface area contributed by atoms with Crippen LogP contribution in [0, 0.1) is 12.7 Å². The van der Waals surface area contributed by atoms with Crippen LogP contribution in [0.4, 0.5) is 9.39 Å². The van der Waals surface area contributed by atoms with Crippen LogP contribution in [0.15, 0.2) is 35.2 Å². The molecule has 0 aliphatic rings. The number of aryl methyl sites for hydroxylation is 1. The Morgan fingerprint density at radius 3 is 2.60 bits per heavy atom. The maximum Gasteiger partial charge on any atom is 0.346 e.